The lowest BCUT2D eigenvalue weighted by molar-refractivity contribution is -0.142. The highest BCUT2D eigenvalue weighted by atomic mass is 16.5. The molecule has 0 aromatic carbocycles. The van der Waals surface area contributed by atoms with Crippen molar-refractivity contribution in [1.29, 1.82) is 0 Å². The first-order chi connectivity index (χ1) is 8.03. The van der Waals surface area contributed by atoms with Gasteiger partial charge < -0.3 is 10.1 Å². The second-order valence-electron chi connectivity index (χ2n) is 4.88. The molecule has 17 heavy (non-hydrogen) atoms. The van der Waals surface area contributed by atoms with E-state index in [1.807, 2.05) is 6.08 Å². The molecule has 1 saturated carbocycles. The van der Waals surface area contributed by atoms with Crippen molar-refractivity contribution in [2.24, 2.45) is 11.3 Å². The molecule has 2 aliphatic carbocycles. The second-order valence-corrected chi connectivity index (χ2v) is 4.88. The first kappa shape index (κ1) is 11.9. The molecule has 2 atom stereocenters. The lowest BCUT2D eigenvalue weighted by Crippen LogP contribution is -2.39. The number of hydrogen-bond acceptors (Lipinski definition) is 3. The summed E-state index contributed by atoms with van der Waals surface area (Å²) in [6.07, 6.45) is 6.98. The average Bonchev–Trinajstić information content (AvgIpc) is 2.89. The van der Waals surface area contributed by atoms with Crippen LogP contribution in [0.3, 0.4) is 0 Å². The van der Waals surface area contributed by atoms with Crippen molar-refractivity contribution in [3.63, 3.8) is 0 Å². The molecule has 2 rings (SSSR count). The van der Waals surface area contributed by atoms with Crippen molar-refractivity contribution in [3.05, 3.63) is 24.3 Å². The minimum Gasteiger partial charge on any atom is -0.441 e. The Morgan fingerprint density at radius 2 is 2.35 bits per heavy atom. The van der Waals surface area contributed by atoms with Crippen molar-refractivity contribution < 1.29 is 14.3 Å². The van der Waals surface area contributed by atoms with Crippen LogP contribution in [0.1, 0.15) is 26.2 Å². The van der Waals surface area contributed by atoms with E-state index in [1.54, 1.807) is 6.92 Å². The van der Waals surface area contributed by atoms with Gasteiger partial charge in [0.2, 0.25) is 5.91 Å². The third-order valence-corrected chi connectivity index (χ3v) is 3.51. The van der Waals surface area contributed by atoms with Crippen molar-refractivity contribution in [2.45, 2.75) is 26.2 Å². The summed E-state index contributed by atoms with van der Waals surface area (Å²) in [5, 5.41) is 2.65. The predicted octanol–water partition coefficient (Wildman–Crippen LogP) is 1.54. The summed E-state index contributed by atoms with van der Waals surface area (Å²) in [6.45, 7) is 4.96. The summed E-state index contributed by atoms with van der Waals surface area (Å²) < 4.78 is 4.84. The summed E-state index contributed by atoms with van der Waals surface area (Å²) in [7, 11) is 0. The van der Waals surface area contributed by atoms with Crippen LogP contribution in [0.4, 0.5) is 0 Å². The monoisotopic (exact) mass is 235 g/mol. The van der Waals surface area contributed by atoms with Crippen molar-refractivity contribution in [1.82, 2.24) is 5.32 Å². The largest absolute Gasteiger partial charge is 0.441 e. The molecule has 2 bridgehead atoms. The van der Waals surface area contributed by atoms with Crippen LogP contribution in [-0.2, 0) is 14.3 Å². The summed E-state index contributed by atoms with van der Waals surface area (Å²) in [5.41, 5.74) is -0.0144. The molecule has 1 fully saturated rings. The standard InChI is InChI=1S/C13H17NO3/c1-9(2)11(15)17-8-14-12(16)13-5-3-10(7-13)4-6-13/h3,5,10H,1,4,6-8H2,2H3,(H,14,16). The van der Waals surface area contributed by atoms with Gasteiger partial charge in [0.25, 0.3) is 0 Å². The van der Waals surface area contributed by atoms with Gasteiger partial charge in [0.1, 0.15) is 0 Å². The summed E-state index contributed by atoms with van der Waals surface area (Å²) in [6, 6.07) is 0. The lowest BCUT2D eigenvalue weighted by atomic mass is 9.87. The zero-order valence-electron chi connectivity index (χ0n) is 9.99. The fraction of sp³-hybridized carbons (Fsp3) is 0.538. The van der Waals surface area contributed by atoms with E-state index >= 15 is 0 Å². The molecular weight excluding hydrogens is 218 g/mol. The van der Waals surface area contributed by atoms with Gasteiger partial charge in [-0.3, -0.25) is 4.79 Å². The normalized spacial score (nSPS) is 29.1. The molecule has 0 aliphatic heterocycles. The molecule has 2 unspecified atom stereocenters. The molecule has 92 valence electrons. The first-order valence-electron chi connectivity index (χ1n) is 5.84. The number of hydrogen-bond donors (Lipinski definition) is 1. The lowest BCUT2D eigenvalue weighted by Gasteiger charge is -2.22. The highest BCUT2D eigenvalue weighted by Gasteiger charge is 2.46. The zero-order valence-corrected chi connectivity index (χ0v) is 9.99. The van der Waals surface area contributed by atoms with Gasteiger partial charge in [-0.15, -0.1) is 0 Å². The number of esters is 1. The molecule has 0 radical (unpaired) electrons. The Bertz CT molecular complexity index is 399. The van der Waals surface area contributed by atoms with Crippen LogP contribution in [0.2, 0.25) is 0 Å². The number of amides is 1. The third kappa shape index (κ3) is 2.25. The van der Waals surface area contributed by atoms with E-state index in [2.05, 4.69) is 18.0 Å². The summed E-state index contributed by atoms with van der Waals surface area (Å²) in [5.74, 6) is 0.0380. The van der Waals surface area contributed by atoms with Gasteiger partial charge in [0.15, 0.2) is 6.73 Å². The van der Waals surface area contributed by atoms with Gasteiger partial charge in [0, 0.05) is 5.57 Å². The number of carbonyl (C=O) groups excluding carboxylic acids is 2. The van der Waals surface area contributed by atoms with E-state index in [0.717, 1.165) is 19.3 Å². The summed E-state index contributed by atoms with van der Waals surface area (Å²) in [4.78, 5) is 23.1. The van der Waals surface area contributed by atoms with Crippen LogP contribution in [-0.4, -0.2) is 18.6 Å². The molecule has 1 N–H and O–H groups in total. The third-order valence-electron chi connectivity index (χ3n) is 3.51. The van der Waals surface area contributed by atoms with Crippen LogP contribution in [0.25, 0.3) is 0 Å². The second kappa shape index (κ2) is 4.35. The van der Waals surface area contributed by atoms with E-state index in [1.165, 1.54) is 0 Å². The fourth-order valence-electron chi connectivity index (χ4n) is 2.50. The molecule has 4 heteroatoms. The Balaban J connectivity index is 1.81. The maximum Gasteiger partial charge on any atom is 0.334 e. The Morgan fingerprint density at radius 3 is 2.82 bits per heavy atom. The Hall–Kier alpha value is -1.58. The minimum absolute atomic E-state index is 0.0386. The van der Waals surface area contributed by atoms with Crippen molar-refractivity contribution in [2.75, 3.05) is 6.73 Å². The number of carbonyl (C=O) groups is 2. The number of allylic oxidation sites excluding steroid dienone is 1. The molecule has 4 nitrogen and oxygen atoms in total. The van der Waals surface area contributed by atoms with Crippen LogP contribution >= 0.6 is 0 Å². The van der Waals surface area contributed by atoms with E-state index < -0.39 is 5.97 Å². The first-order valence-corrected chi connectivity index (χ1v) is 5.84. The van der Waals surface area contributed by atoms with Crippen LogP contribution in [0.15, 0.2) is 24.3 Å². The smallest absolute Gasteiger partial charge is 0.334 e. The van der Waals surface area contributed by atoms with Crippen LogP contribution in [0, 0.1) is 11.3 Å². The number of ether oxygens (including phenoxy) is 1. The Labute approximate surface area is 101 Å². The van der Waals surface area contributed by atoms with E-state index in [-0.39, 0.29) is 18.1 Å². The maximum atomic E-state index is 12.0. The number of fused-ring (bicyclic) bond motifs is 2. The molecule has 0 aromatic rings. The van der Waals surface area contributed by atoms with Gasteiger partial charge >= 0.3 is 5.97 Å². The van der Waals surface area contributed by atoms with Crippen molar-refractivity contribution >= 4 is 11.9 Å². The van der Waals surface area contributed by atoms with Crippen molar-refractivity contribution in [3.8, 4) is 0 Å². The molecular formula is C13H17NO3. The fourth-order valence-corrected chi connectivity index (χ4v) is 2.50. The highest BCUT2D eigenvalue weighted by Crippen LogP contribution is 2.49. The summed E-state index contributed by atoms with van der Waals surface area (Å²) >= 11 is 0. The molecule has 0 spiro atoms. The zero-order chi connectivity index (χ0) is 12.5. The van der Waals surface area contributed by atoms with Crippen LogP contribution < -0.4 is 5.32 Å². The SMILES string of the molecule is C=C(C)C(=O)OCNC(=O)C12C=CC(CC1)C2. The average molecular weight is 235 g/mol. The quantitative estimate of drug-likeness (QED) is 0.348. The molecule has 0 aromatic heterocycles. The Kier molecular flexibility index (Phi) is 3.05. The van der Waals surface area contributed by atoms with E-state index in [9.17, 15) is 9.59 Å². The minimum atomic E-state index is -0.478. The van der Waals surface area contributed by atoms with Gasteiger partial charge in [-0.1, -0.05) is 18.7 Å². The molecule has 0 heterocycles. The molecule has 1 amide bonds. The van der Waals surface area contributed by atoms with E-state index in [4.69, 9.17) is 4.74 Å². The number of nitrogens with one attached hydrogen (secondary N) is 1. The maximum absolute atomic E-state index is 12.0. The topological polar surface area (TPSA) is 55.4 Å². The Morgan fingerprint density at radius 1 is 1.59 bits per heavy atom. The number of rotatable bonds is 4. The molecule has 2 aliphatic rings. The molecule has 0 saturated heterocycles. The van der Waals surface area contributed by atoms with Gasteiger partial charge in [-0.2, -0.15) is 0 Å². The predicted molar refractivity (Wildman–Crippen MR) is 62.8 cm³/mol. The van der Waals surface area contributed by atoms with Gasteiger partial charge in [-0.05, 0) is 32.1 Å². The van der Waals surface area contributed by atoms with Gasteiger partial charge in [0.05, 0.1) is 5.41 Å². The van der Waals surface area contributed by atoms with Crippen LogP contribution in [0.5, 0.6) is 0 Å². The van der Waals surface area contributed by atoms with Gasteiger partial charge in [-0.25, -0.2) is 4.79 Å². The highest BCUT2D eigenvalue weighted by molar-refractivity contribution is 5.88. The van der Waals surface area contributed by atoms with E-state index in [0.29, 0.717) is 11.5 Å².